The Morgan fingerprint density at radius 2 is 2.00 bits per heavy atom. The zero-order valence-electron chi connectivity index (χ0n) is 7.87. The van der Waals surface area contributed by atoms with Crippen molar-refractivity contribution in [2.75, 3.05) is 0 Å². The van der Waals surface area contributed by atoms with E-state index in [1.807, 2.05) is 0 Å². The molecule has 0 saturated carbocycles. The van der Waals surface area contributed by atoms with Crippen molar-refractivity contribution in [2.24, 2.45) is 0 Å². The first kappa shape index (κ1) is 12.2. The SMILES string of the molecule is O=CCCn1cc(C(F)(F)F)c(=O)[nH]c1=O. The van der Waals surface area contributed by atoms with Crippen molar-refractivity contribution in [2.45, 2.75) is 19.1 Å². The minimum absolute atomic E-state index is 0.108. The monoisotopic (exact) mass is 236 g/mol. The Morgan fingerprint density at radius 3 is 2.50 bits per heavy atom. The first-order valence-corrected chi connectivity index (χ1v) is 4.21. The number of aryl methyl sites for hydroxylation is 1. The van der Waals surface area contributed by atoms with Gasteiger partial charge in [-0.25, -0.2) is 4.79 Å². The summed E-state index contributed by atoms with van der Waals surface area (Å²) in [4.78, 5) is 33.5. The lowest BCUT2D eigenvalue weighted by Crippen LogP contribution is -2.34. The molecule has 1 N–H and O–H groups in total. The number of halogens is 3. The normalized spacial score (nSPS) is 11.4. The number of hydrogen-bond acceptors (Lipinski definition) is 3. The van der Waals surface area contributed by atoms with Crippen LogP contribution in [-0.4, -0.2) is 15.8 Å². The molecule has 8 heteroatoms. The molecule has 1 aromatic heterocycles. The molecule has 0 spiro atoms. The molecule has 0 radical (unpaired) electrons. The molecule has 0 fully saturated rings. The van der Waals surface area contributed by atoms with Gasteiger partial charge in [0, 0.05) is 19.2 Å². The van der Waals surface area contributed by atoms with Gasteiger partial charge in [0.15, 0.2) is 0 Å². The molecule has 0 aliphatic carbocycles. The van der Waals surface area contributed by atoms with Crippen molar-refractivity contribution in [3.8, 4) is 0 Å². The maximum atomic E-state index is 12.3. The van der Waals surface area contributed by atoms with Crippen LogP contribution >= 0.6 is 0 Å². The van der Waals surface area contributed by atoms with Crippen LogP contribution in [0.5, 0.6) is 0 Å². The van der Waals surface area contributed by atoms with E-state index in [0.29, 0.717) is 17.1 Å². The van der Waals surface area contributed by atoms with E-state index in [1.54, 1.807) is 0 Å². The number of rotatable bonds is 3. The molecule has 0 amide bonds. The highest BCUT2D eigenvalue weighted by Crippen LogP contribution is 2.25. The average Bonchev–Trinajstić information content (AvgIpc) is 2.14. The van der Waals surface area contributed by atoms with E-state index >= 15 is 0 Å². The molecule has 0 atom stereocenters. The van der Waals surface area contributed by atoms with E-state index in [9.17, 15) is 27.6 Å². The van der Waals surface area contributed by atoms with Gasteiger partial charge in [0.05, 0.1) is 0 Å². The van der Waals surface area contributed by atoms with Gasteiger partial charge in [-0.05, 0) is 0 Å². The van der Waals surface area contributed by atoms with Crippen molar-refractivity contribution < 1.29 is 18.0 Å². The quantitative estimate of drug-likeness (QED) is 0.759. The third kappa shape index (κ3) is 2.59. The molecule has 1 aromatic rings. The van der Waals surface area contributed by atoms with Crippen LogP contribution in [-0.2, 0) is 17.5 Å². The summed E-state index contributed by atoms with van der Waals surface area (Å²) in [7, 11) is 0. The van der Waals surface area contributed by atoms with Crippen LogP contribution in [0.3, 0.4) is 0 Å². The lowest BCUT2D eigenvalue weighted by atomic mass is 10.3. The molecule has 5 nitrogen and oxygen atoms in total. The fourth-order valence-corrected chi connectivity index (χ4v) is 1.07. The van der Waals surface area contributed by atoms with Gasteiger partial charge in [-0.1, -0.05) is 0 Å². The van der Waals surface area contributed by atoms with Crippen LogP contribution in [0.2, 0.25) is 0 Å². The van der Waals surface area contributed by atoms with E-state index in [4.69, 9.17) is 0 Å². The average molecular weight is 236 g/mol. The molecule has 0 aliphatic heterocycles. The maximum Gasteiger partial charge on any atom is 0.423 e. The minimum Gasteiger partial charge on any atom is -0.303 e. The number of H-pyrrole nitrogens is 1. The summed E-state index contributed by atoms with van der Waals surface area (Å²) in [6, 6.07) is 0. The Labute approximate surface area is 86.5 Å². The lowest BCUT2D eigenvalue weighted by Gasteiger charge is -2.08. The second kappa shape index (κ2) is 4.33. The molecule has 1 rings (SSSR count). The number of alkyl halides is 3. The summed E-state index contributed by atoms with van der Waals surface area (Å²) in [6.07, 6.45) is -4.07. The zero-order chi connectivity index (χ0) is 12.3. The summed E-state index contributed by atoms with van der Waals surface area (Å²) < 4.78 is 37.5. The first-order valence-electron chi connectivity index (χ1n) is 4.21. The van der Waals surface area contributed by atoms with Crippen LogP contribution < -0.4 is 11.2 Å². The fourth-order valence-electron chi connectivity index (χ4n) is 1.07. The van der Waals surface area contributed by atoms with E-state index in [1.165, 1.54) is 4.98 Å². The molecule has 0 unspecified atom stereocenters. The third-order valence-corrected chi connectivity index (χ3v) is 1.80. The van der Waals surface area contributed by atoms with Gasteiger partial charge in [0.2, 0.25) is 0 Å². The first-order chi connectivity index (χ1) is 7.36. The molecule has 0 bridgehead atoms. The van der Waals surface area contributed by atoms with E-state index in [2.05, 4.69) is 0 Å². The highest BCUT2D eigenvalue weighted by atomic mass is 19.4. The summed E-state index contributed by atoms with van der Waals surface area (Å²) in [5.74, 6) is 0. The van der Waals surface area contributed by atoms with Crippen LogP contribution in [0, 0.1) is 0 Å². The van der Waals surface area contributed by atoms with Gasteiger partial charge in [-0.15, -0.1) is 0 Å². The number of aldehydes is 1. The highest BCUT2D eigenvalue weighted by Gasteiger charge is 2.34. The smallest absolute Gasteiger partial charge is 0.303 e. The predicted octanol–water partition coefficient (Wildman–Crippen LogP) is 0.144. The Morgan fingerprint density at radius 1 is 1.38 bits per heavy atom. The summed E-state index contributed by atoms with van der Waals surface area (Å²) in [5, 5.41) is 0. The number of hydrogen-bond donors (Lipinski definition) is 1. The van der Waals surface area contributed by atoms with Gasteiger partial charge in [0.25, 0.3) is 5.56 Å². The van der Waals surface area contributed by atoms with E-state index < -0.39 is 23.0 Å². The largest absolute Gasteiger partial charge is 0.423 e. The topological polar surface area (TPSA) is 71.9 Å². The zero-order valence-corrected chi connectivity index (χ0v) is 7.87. The van der Waals surface area contributed by atoms with Crippen molar-refractivity contribution in [3.63, 3.8) is 0 Å². The molecule has 88 valence electrons. The van der Waals surface area contributed by atoms with Crippen molar-refractivity contribution in [1.82, 2.24) is 9.55 Å². The van der Waals surface area contributed by atoms with Crippen LogP contribution in [0.1, 0.15) is 12.0 Å². The second-order valence-electron chi connectivity index (χ2n) is 2.95. The number of nitrogens with one attached hydrogen (secondary N) is 1. The molecule has 16 heavy (non-hydrogen) atoms. The molecule has 0 aliphatic rings. The Kier molecular flexibility index (Phi) is 3.31. The highest BCUT2D eigenvalue weighted by molar-refractivity contribution is 5.48. The summed E-state index contributed by atoms with van der Waals surface area (Å²) in [6.45, 7) is -0.206. The Hall–Kier alpha value is -1.86. The number of nitrogens with zero attached hydrogens (tertiary/aromatic N) is 1. The third-order valence-electron chi connectivity index (χ3n) is 1.80. The summed E-state index contributed by atoms with van der Waals surface area (Å²) in [5.41, 5.74) is -3.92. The number of carbonyl (C=O) groups is 1. The second-order valence-corrected chi connectivity index (χ2v) is 2.95. The molecule has 1 heterocycles. The minimum atomic E-state index is -4.83. The fraction of sp³-hybridized carbons (Fsp3) is 0.375. The van der Waals surface area contributed by atoms with Gasteiger partial charge in [0.1, 0.15) is 11.8 Å². The van der Waals surface area contributed by atoms with Gasteiger partial charge < -0.3 is 4.79 Å². The molecule has 0 aromatic carbocycles. The standard InChI is InChI=1S/C8H7F3N2O3/c9-8(10,11)5-4-13(2-1-3-14)7(16)12-6(5)15/h3-4H,1-2H2,(H,12,15,16). The van der Waals surface area contributed by atoms with E-state index in [0.717, 1.165) is 0 Å². The molecular weight excluding hydrogens is 229 g/mol. The van der Waals surface area contributed by atoms with Crippen molar-refractivity contribution in [1.29, 1.82) is 0 Å². The van der Waals surface area contributed by atoms with Crippen LogP contribution in [0.25, 0.3) is 0 Å². The number of aromatic amines is 1. The van der Waals surface area contributed by atoms with Crippen LogP contribution in [0.15, 0.2) is 15.8 Å². The van der Waals surface area contributed by atoms with Gasteiger partial charge >= 0.3 is 11.9 Å². The summed E-state index contributed by atoms with van der Waals surface area (Å²) >= 11 is 0. The number of carbonyl (C=O) groups excluding carboxylic acids is 1. The van der Waals surface area contributed by atoms with Crippen molar-refractivity contribution >= 4 is 6.29 Å². The lowest BCUT2D eigenvalue weighted by molar-refractivity contribution is -0.139. The molecular formula is C8H7F3N2O3. The Balaban J connectivity index is 3.27. The predicted molar refractivity (Wildman–Crippen MR) is 47.0 cm³/mol. The van der Waals surface area contributed by atoms with Crippen LogP contribution in [0.4, 0.5) is 13.2 Å². The van der Waals surface area contributed by atoms with Gasteiger partial charge in [-0.2, -0.15) is 13.2 Å². The maximum absolute atomic E-state index is 12.3. The van der Waals surface area contributed by atoms with Gasteiger partial charge in [-0.3, -0.25) is 14.3 Å². The Bertz CT molecular complexity index is 500. The molecule has 0 saturated heterocycles. The van der Waals surface area contributed by atoms with Crippen molar-refractivity contribution in [3.05, 3.63) is 32.6 Å². The number of aromatic nitrogens is 2. The van der Waals surface area contributed by atoms with E-state index in [-0.39, 0.29) is 13.0 Å².